The molecule has 111 heavy (non-hydrogen) atoms. The molecule has 5 atom stereocenters. The third-order valence-corrected chi connectivity index (χ3v) is 21.1. The minimum Gasteiger partial charge on any atom is -0.463 e. The summed E-state index contributed by atoms with van der Waals surface area (Å²) in [5.41, 5.74) is 0. The SMILES string of the molecule is CC/C=C\C/C=C\C/C=C\C/C=C\C/C=C\C/C=C\CCCCCCCCCCC(=O)OCC(COP(=O)(O)OCC(O)COP(=O)(O)OCC(O)COC(=O)CCCCCCCCCCCCCCCCCCC/C=C\C/C=C\C/C=C\C/C=C\CCCCC)OC(=O)CCCCCCCCCCCCCCCCC. The fourth-order valence-corrected chi connectivity index (χ4v) is 14.0. The first-order valence-corrected chi connectivity index (χ1v) is 47.8. The van der Waals surface area contributed by atoms with Gasteiger partial charge in [-0.25, -0.2) is 9.13 Å². The summed E-state index contributed by atoms with van der Waals surface area (Å²) in [6.07, 6.45) is 104. The molecule has 0 heterocycles. The maximum Gasteiger partial charge on any atom is 0.472 e. The zero-order valence-corrected chi connectivity index (χ0v) is 72.4. The molecule has 0 saturated heterocycles. The molecule has 0 aromatic heterocycles. The molecule has 0 rings (SSSR count). The average molecular weight is 1600 g/mol. The molecule has 4 N–H and O–H groups in total. The molecule has 0 radical (unpaired) electrons. The molecule has 18 heteroatoms. The van der Waals surface area contributed by atoms with Crippen molar-refractivity contribution < 1.29 is 75.8 Å². The zero-order valence-electron chi connectivity index (χ0n) is 70.6. The van der Waals surface area contributed by atoms with E-state index in [0.29, 0.717) is 19.3 Å². The van der Waals surface area contributed by atoms with Gasteiger partial charge in [-0.15, -0.1) is 0 Å². The highest BCUT2D eigenvalue weighted by molar-refractivity contribution is 7.47. The van der Waals surface area contributed by atoms with E-state index < -0.39 is 91.5 Å². The van der Waals surface area contributed by atoms with Gasteiger partial charge >= 0.3 is 33.6 Å². The number of phosphoric ester groups is 2. The lowest BCUT2D eigenvalue weighted by Gasteiger charge is -2.21. The van der Waals surface area contributed by atoms with Crippen molar-refractivity contribution in [3.63, 3.8) is 0 Å². The van der Waals surface area contributed by atoms with Crippen LogP contribution in [-0.2, 0) is 55.8 Å². The highest BCUT2D eigenvalue weighted by atomic mass is 31.2. The van der Waals surface area contributed by atoms with Crippen molar-refractivity contribution in [3.05, 3.63) is 122 Å². The number of hydrogen-bond acceptors (Lipinski definition) is 14. The van der Waals surface area contributed by atoms with Crippen LogP contribution in [-0.4, -0.2) is 95.9 Å². The molecule has 642 valence electrons. The summed E-state index contributed by atoms with van der Waals surface area (Å²) in [5, 5.41) is 20.7. The predicted molar refractivity (Wildman–Crippen MR) is 463 cm³/mol. The van der Waals surface area contributed by atoms with Crippen molar-refractivity contribution in [2.75, 3.05) is 39.6 Å². The third kappa shape index (κ3) is 86.6. The number of aliphatic hydroxyl groups is 2. The fourth-order valence-electron chi connectivity index (χ4n) is 12.4. The van der Waals surface area contributed by atoms with Crippen molar-refractivity contribution in [3.8, 4) is 0 Å². The summed E-state index contributed by atoms with van der Waals surface area (Å²) >= 11 is 0. The molecule has 0 aromatic rings. The summed E-state index contributed by atoms with van der Waals surface area (Å²) in [6, 6.07) is 0. The van der Waals surface area contributed by atoms with E-state index in [-0.39, 0.29) is 19.3 Å². The Morgan fingerprint density at radius 1 is 0.261 bits per heavy atom. The van der Waals surface area contributed by atoms with Gasteiger partial charge in [0.2, 0.25) is 0 Å². The zero-order chi connectivity index (χ0) is 80.8. The smallest absolute Gasteiger partial charge is 0.463 e. The summed E-state index contributed by atoms with van der Waals surface area (Å²) in [6.45, 7) is 2.60. The van der Waals surface area contributed by atoms with E-state index in [9.17, 15) is 43.5 Å². The molecule has 0 bridgehead atoms. The van der Waals surface area contributed by atoms with Crippen LogP contribution in [0.3, 0.4) is 0 Å². The van der Waals surface area contributed by atoms with E-state index in [1.165, 1.54) is 199 Å². The lowest BCUT2D eigenvalue weighted by Crippen LogP contribution is -2.30. The number of rotatable bonds is 85. The highest BCUT2D eigenvalue weighted by Crippen LogP contribution is 2.45. The van der Waals surface area contributed by atoms with Crippen molar-refractivity contribution >= 4 is 33.6 Å². The predicted octanol–water partition coefficient (Wildman–Crippen LogP) is 27.2. The minimum atomic E-state index is -4.93. The van der Waals surface area contributed by atoms with Crippen molar-refractivity contribution in [2.24, 2.45) is 0 Å². The Morgan fingerprint density at radius 3 is 0.775 bits per heavy atom. The first-order valence-electron chi connectivity index (χ1n) is 44.8. The van der Waals surface area contributed by atoms with Gasteiger partial charge in [-0.1, -0.05) is 380 Å². The number of carbonyl (C=O) groups excluding carboxylic acids is 3. The number of allylic oxidation sites excluding steroid dienone is 20. The molecule has 0 spiro atoms. The second-order valence-electron chi connectivity index (χ2n) is 30.0. The third-order valence-electron chi connectivity index (χ3n) is 19.2. The molecule has 0 saturated carbocycles. The highest BCUT2D eigenvalue weighted by Gasteiger charge is 2.29. The lowest BCUT2D eigenvalue weighted by atomic mass is 10.0. The van der Waals surface area contributed by atoms with Gasteiger partial charge in [0.05, 0.1) is 26.4 Å². The molecule has 16 nitrogen and oxygen atoms in total. The van der Waals surface area contributed by atoms with Crippen molar-refractivity contribution in [2.45, 2.75) is 411 Å². The van der Waals surface area contributed by atoms with Gasteiger partial charge < -0.3 is 34.2 Å². The average Bonchev–Trinajstić information content (AvgIpc) is 0.912. The summed E-state index contributed by atoms with van der Waals surface area (Å²) in [7, 11) is -9.79. The van der Waals surface area contributed by atoms with Crippen LogP contribution >= 0.6 is 15.6 Å². The van der Waals surface area contributed by atoms with Crippen LogP contribution < -0.4 is 0 Å². The summed E-state index contributed by atoms with van der Waals surface area (Å²) in [5.74, 6) is -1.57. The number of carbonyl (C=O) groups is 3. The quantitative estimate of drug-likeness (QED) is 0.0146. The molecule has 0 aliphatic rings. The van der Waals surface area contributed by atoms with Crippen LogP contribution in [0.5, 0.6) is 0 Å². The molecule has 0 aliphatic carbocycles. The normalized spacial score (nSPS) is 14.4. The van der Waals surface area contributed by atoms with Crippen LogP contribution in [0.25, 0.3) is 0 Å². The van der Waals surface area contributed by atoms with Crippen molar-refractivity contribution in [1.82, 2.24) is 0 Å². The van der Waals surface area contributed by atoms with Gasteiger partial charge in [-0.2, -0.15) is 0 Å². The number of phosphoric acid groups is 2. The number of aliphatic hydroxyl groups excluding tert-OH is 2. The van der Waals surface area contributed by atoms with E-state index in [2.05, 4.69) is 142 Å². The van der Waals surface area contributed by atoms with E-state index >= 15 is 0 Å². The molecule has 5 unspecified atom stereocenters. The number of esters is 3. The first-order chi connectivity index (χ1) is 54.2. The largest absolute Gasteiger partial charge is 0.472 e. The molecule has 0 aromatic carbocycles. The van der Waals surface area contributed by atoms with E-state index in [0.717, 1.165) is 135 Å². The lowest BCUT2D eigenvalue weighted by molar-refractivity contribution is -0.161. The molecule has 0 fully saturated rings. The Hall–Kier alpha value is -4.05. The molecule has 0 amide bonds. The van der Waals surface area contributed by atoms with Crippen LogP contribution in [0.2, 0.25) is 0 Å². The second-order valence-corrected chi connectivity index (χ2v) is 32.9. The van der Waals surface area contributed by atoms with E-state index in [1.54, 1.807) is 0 Å². The topological polar surface area (TPSA) is 231 Å². The van der Waals surface area contributed by atoms with Crippen LogP contribution in [0.1, 0.15) is 393 Å². The summed E-state index contributed by atoms with van der Waals surface area (Å²) in [4.78, 5) is 58.9. The number of ether oxygens (including phenoxy) is 3. The van der Waals surface area contributed by atoms with Gasteiger partial charge in [0.25, 0.3) is 0 Å². The first kappa shape index (κ1) is 107. The Morgan fingerprint density at radius 2 is 0.477 bits per heavy atom. The van der Waals surface area contributed by atoms with E-state index in [4.69, 9.17) is 32.3 Å². The van der Waals surface area contributed by atoms with Gasteiger partial charge in [0.1, 0.15) is 25.4 Å². The maximum atomic E-state index is 13.0. The number of unbranched alkanes of at least 4 members (excludes halogenated alkanes) is 42. The minimum absolute atomic E-state index is 0.105. The fraction of sp³-hybridized carbons (Fsp3) is 0.753. The Kier molecular flexibility index (Phi) is 82.2. The van der Waals surface area contributed by atoms with Crippen molar-refractivity contribution in [1.29, 1.82) is 0 Å². The van der Waals surface area contributed by atoms with Gasteiger partial charge in [-0.3, -0.25) is 32.5 Å². The molecular weight excluding hydrogens is 1430 g/mol. The van der Waals surface area contributed by atoms with Crippen LogP contribution in [0.4, 0.5) is 0 Å². The Labute approximate surface area is 678 Å². The van der Waals surface area contributed by atoms with Crippen LogP contribution in [0, 0.1) is 0 Å². The summed E-state index contributed by atoms with van der Waals surface area (Å²) < 4.78 is 61.4. The maximum absolute atomic E-state index is 13.0. The Bertz CT molecular complexity index is 2500. The molecular formula is C93H164O16P2. The Balaban J connectivity index is 4.46. The van der Waals surface area contributed by atoms with E-state index in [1.807, 2.05) is 0 Å². The standard InChI is InChI=1S/C93H164O16P2/c1-4-7-10-13-16-19-22-25-28-30-32-34-36-38-40-41-42-43-44-45-47-49-50-52-54-56-59-61-64-67-70-73-76-79-91(96)103-82-88(94)83-105-110(99,100)106-84-89(95)85-107-111(101,102)108-87-90(109-93(98)81-78-75-72-69-66-63-58-27-24-21-18-15-12-9-6-3)86-104-92(97)80-77-74-71-68-65-62-60-57-55-53-51-48-46-39-37-35-33-31-29-26-23-20-17-14-11-8-5-2/h8,11,16-17,19-20,25-26,28-29,32-35,38-40,46,51,53,88-90,94-95H,4-7,9-10,12-15,18,21-24,27,30-31,36-37,41-45,47-50,52,54-87H2,1-3H3,(H,99,100)(H,101,102)/b11-8-,19-16-,20-17-,28-25-,29-26-,34-32-,35-33-,40-38-,46-39-,53-51-. The van der Waals surface area contributed by atoms with Crippen LogP contribution in [0.15, 0.2) is 122 Å². The van der Waals surface area contributed by atoms with Gasteiger partial charge in [0.15, 0.2) is 6.10 Å². The second kappa shape index (κ2) is 85.3. The van der Waals surface area contributed by atoms with Gasteiger partial charge in [-0.05, 0) is 116 Å². The monoisotopic (exact) mass is 1600 g/mol. The molecule has 0 aliphatic heterocycles. The number of hydrogen-bond donors (Lipinski definition) is 4. The van der Waals surface area contributed by atoms with Gasteiger partial charge in [0, 0.05) is 19.3 Å².